The molecule has 5 nitrogen and oxygen atoms in total. The number of rotatable bonds is 6. The summed E-state index contributed by atoms with van der Waals surface area (Å²) in [6.07, 6.45) is -3.79. The van der Waals surface area contributed by atoms with Crippen LogP contribution in [0, 0.1) is 0 Å². The second-order valence-corrected chi connectivity index (χ2v) is 4.03. The maximum Gasteiger partial charge on any atom is 0.433 e. The van der Waals surface area contributed by atoms with E-state index in [9.17, 15) is 18.3 Å². The number of halogens is 3. The zero-order chi connectivity index (χ0) is 14.5. The molecule has 1 heterocycles. The van der Waals surface area contributed by atoms with E-state index >= 15 is 0 Å². The molecule has 0 aliphatic heterocycles. The molecule has 0 saturated heterocycles. The number of nitrogens with zero attached hydrogens (tertiary/aromatic N) is 2. The molecule has 1 atom stereocenters. The first kappa shape index (κ1) is 15.5. The van der Waals surface area contributed by atoms with Gasteiger partial charge in [-0.2, -0.15) is 18.2 Å². The molecule has 0 radical (unpaired) electrons. The quantitative estimate of drug-likeness (QED) is 0.743. The number of aliphatic hydroxyl groups excluding tert-OH is 1. The molecule has 0 saturated carbocycles. The van der Waals surface area contributed by atoms with Gasteiger partial charge in [0.1, 0.15) is 5.82 Å². The number of aromatic nitrogens is 2. The van der Waals surface area contributed by atoms with Crippen LogP contribution in [0.4, 0.5) is 24.9 Å². The lowest BCUT2D eigenvalue weighted by Gasteiger charge is -2.13. The zero-order valence-corrected chi connectivity index (χ0v) is 10.8. The van der Waals surface area contributed by atoms with Gasteiger partial charge < -0.3 is 15.7 Å². The van der Waals surface area contributed by atoms with Gasteiger partial charge in [-0.15, -0.1) is 0 Å². The average Bonchev–Trinajstić information content (AvgIpc) is 2.35. The molecule has 1 aromatic heterocycles. The second kappa shape index (κ2) is 6.55. The summed E-state index contributed by atoms with van der Waals surface area (Å²) in [4.78, 5) is 7.19. The Kier molecular flexibility index (Phi) is 5.34. The fourth-order valence-corrected chi connectivity index (χ4v) is 1.45. The highest BCUT2D eigenvalue weighted by molar-refractivity contribution is 5.42. The molecule has 1 rings (SSSR count). The lowest BCUT2D eigenvalue weighted by Crippen LogP contribution is -2.20. The third-order valence-electron chi connectivity index (χ3n) is 2.38. The summed E-state index contributed by atoms with van der Waals surface area (Å²) in [6, 6.07) is 0.819. The van der Waals surface area contributed by atoms with Crippen LogP contribution in [0.3, 0.4) is 0 Å². The Labute approximate surface area is 109 Å². The number of nitrogens with one attached hydrogen (secondary N) is 2. The van der Waals surface area contributed by atoms with Crippen molar-refractivity contribution in [2.45, 2.75) is 32.0 Å². The lowest BCUT2D eigenvalue weighted by atomic mass is 10.2. The largest absolute Gasteiger partial charge is 0.433 e. The molecule has 0 bridgehead atoms. The van der Waals surface area contributed by atoms with Gasteiger partial charge >= 0.3 is 6.18 Å². The van der Waals surface area contributed by atoms with Crippen LogP contribution in [0.2, 0.25) is 0 Å². The first-order valence-electron chi connectivity index (χ1n) is 5.92. The van der Waals surface area contributed by atoms with Crippen molar-refractivity contribution in [2.24, 2.45) is 0 Å². The second-order valence-electron chi connectivity index (χ2n) is 4.03. The minimum absolute atomic E-state index is 0.0295. The third-order valence-corrected chi connectivity index (χ3v) is 2.38. The first-order valence-corrected chi connectivity index (χ1v) is 5.92. The average molecular weight is 278 g/mol. The van der Waals surface area contributed by atoms with Crippen LogP contribution in [0.25, 0.3) is 0 Å². The van der Waals surface area contributed by atoms with E-state index < -0.39 is 18.0 Å². The van der Waals surface area contributed by atoms with Crippen LogP contribution in [-0.2, 0) is 6.18 Å². The van der Waals surface area contributed by atoms with Crippen LogP contribution in [0.5, 0.6) is 0 Å². The van der Waals surface area contributed by atoms with E-state index in [4.69, 9.17) is 0 Å². The van der Waals surface area contributed by atoms with Gasteiger partial charge in [0.2, 0.25) is 5.95 Å². The molecular formula is C11H17F3N4O. The Morgan fingerprint density at radius 1 is 1.37 bits per heavy atom. The van der Waals surface area contributed by atoms with Gasteiger partial charge in [0, 0.05) is 19.7 Å². The SMILES string of the molecule is CCCC(O)CNc1cc(C(F)(F)F)nc(NC)n1. The molecule has 0 aliphatic rings. The third kappa shape index (κ3) is 4.90. The normalized spacial score (nSPS) is 13.2. The van der Waals surface area contributed by atoms with Gasteiger partial charge in [-0.25, -0.2) is 4.98 Å². The predicted molar refractivity (Wildman–Crippen MR) is 66.0 cm³/mol. The minimum atomic E-state index is -4.53. The first-order chi connectivity index (χ1) is 8.86. The van der Waals surface area contributed by atoms with Gasteiger partial charge in [0.25, 0.3) is 0 Å². The zero-order valence-electron chi connectivity index (χ0n) is 10.8. The van der Waals surface area contributed by atoms with Crippen molar-refractivity contribution in [2.75, 3.05) is 24.2 Å². The molecule has 0 spiro atoms. The highest BCUT2D eigenvalue weighted by Gasteiger charge is 2.33. The summed E-state index contributed by atoms with van der Waals surface area (Å²) >= 11 is 0. The molecule has 0 fully saturated rings. The molecule has 19 heavy (non-hydrogen) atoms. The van der Waals surface area contributed by atoms with Gasteiger partial charge in [0.05, 0.1) is 6.10 Å². The Hall–Kier alpha value is -1.57. The van der Waals surface area contributed by atoms with Gasteiger partial charge in [-0.1, -0.05) is 13.3 Å². The van der Waals surface area contributed by atoms with Crippen LogP contribution in [0.1, 0.15) is 25.5 Å². The highest BCUT2D eigenvalue weighted by atomic mass is 19.4. The fraction of sp³-hybridized carbons (Fsp3) is 0.636. The summed E-state index contributed by atoms with van der Waals surface area (Å²) in [5.74, 6) is -0.0934. The summed E-state index contributed by atoms with van der Waals surface area (Å²) in [7, 11) is 1.44. The van der Waals surface area contributed by atoms with Crippen molar-refractivity contribution in [1.29, 1.82) is 0 Å². The Morgan fingerprint density at radius 3 is 2.58 bits per heavy atom. The molecule has 8 heteroatoms. The summed E-state index contributed by atoms with van der Waals surface area (Å²) in [6.45, 7) is 2.06. The lowest BCUT2D eigenvalue weighted by molar-refractivity contribution is -0.141. The fourth-order valence-electron chi connectivity index (χ4n) is 1.45. The van der Waals surface area contributed by atoms with Gasteiger partial charge in [-0.05, 0) is 6.42 Å². The van der Waals surface area contributed by atoms with E-state index in [0.717, 1.165) is 12.5 Å². The van der Waals surface area contributed by atoms with Crippen molar-refractivity contribution in [3.63, 3.8) is 0 Å². The topological polar surface area (TPSA) is 70.1 Å². The van der Waals surface area contributed by atoms with E-state index in [1.807, 2.05) is 6.92 Å². The standard InChI is InChI=1S/C11H17F3N4O/c1-3-4-7(19)6-16-9-5-8(11(12,13)14)17-10(15-2)18-9/h5,7,19H,3-4,6H2,1-2H3,(H2,15,16,17,18). The van der Waals surface area contributed by atoms with Crippen molar-refractivity contribution >= 4 is 11.8 Å². The molecule has 0 amide bonds. The minimum Gasteiger partial charge on any atom is -0.391 e. The van der Waals surface area contributed by atoms with Crippen LogP contribution in [-0.4, -0.2) is 34.8 Å². The molecular weight excluding hydrogens is 261 g/mol. The monoisotopic (exact) mass is 278 g/mol. The van der Waals surface area contributed by atoms with E-state index in [2.05, 4.69) is 20.6 Å². The molecule has 3 N–H and O–H groups in total. The van der Waals surface area contributed by atoms with Crippen LogP contribution in [0.15, 0.2) is 6.07 Å². The molecule has 0 aromatic carbocycles. The van der Waals surface area contributed by atoms with E-state index in [-0.39, 0.29) is 18.3 Å². The Bertz CT molecular complexity index is 411. The maximum atomic E-state index is 12.6. The molecule has 0 aliphatic carbocycles. The van der Waals surface area contributed by atoms with Gasteiger partial charge in [0.15, 0.2) is 5.69 Å². The smallest absolute Gasteiger partial charge is 0.391 e. The van der Waals surface area contributed by atoms with E-state index in [1.54, 1.807) is 0 Å². The molecule has 1 unspecified atom stereocenters. The summed E-state index contributed by atoms with van der Waals surface area (Å²) in [5, 5.41) is 14.7. The van der Waals surface area contributed by atoms with Crippen molar-refractivity contribution in [3.05, 3.63) is 11.8 Å². The predicted octanol–water partition coefficient (Wildman–Crippen LogP) is 2.11. The van der Waals surface area contributed by atoms with Crippen LogP contribution >= 0.6 is 0 Å². The van der Waals surface area contributed by atoms with Crippen LogP contribution < -0.4 is 10.6 Å². The number of alkyl halides is 3. The van der Waals surface area contributed by atoms with E-state index in [0.29, 0.717) is 6.42 Å². The van der Waals surface area contributed by atoms with Crippen molar-refractivity contribution in [3.8, 4) is 0 Å². The van der Waals surface area contributed by atoms with Crippen molar-refractivity contribution in [1.82, 2.24) is 9.97 Å². The number of hydrogen-bond acceptors (Lipinski definition) is 5. The summed E-state index contributed by atoms with van der Waals surface area (Å²) in [5.41, 5.74) is -1.03. The highest BCUT2D eigenvalue weighted by Crippen LogP contribution is 2.29. The maximum absolute atomic E-state index is 12.6. The number of anilines is 2. The number of hydrogen-bond donors (Lipinski definition) is 3. The molecule has 108 valence electrons. The summed E-state index contributed by atoms with van der Waals surface area (Å²) < 4.78 is 37.8. The Balaban J connectivity index is 2.83. The molecule has 1 aromatic rings. The van der Waals surface area contributed by atoms with Crippen molar-refractivity contribution < 1.29 is 18.3 Å². The van der Waals surface area contributed by atoms with Gasteiger partial charge in [-0.3, -0.25) is 0 Å². The number of aliphatic hydroxyl groups is 1. The Morgan fingerprint density at radius 2 is 2.05 bits per heavy atom. The van der Waals surface area contributed by atoms with E-state index in [1.165, 1.54) is 7.05 Å².